The molecule has 23 heavy (non-hydrogen) atoms. The molecule has 0 bridgehead atoms. The largest absolute Gasteiger partial charge is 0.441 e. The molecule has 6 heteroatoms. The predicted octanol–water partition coefficient (Wildman–Crippen LogP) is 2.47. The Balaban J connectivity index is 1.37. The van der Waals surface area contributed by atoms with Crippen LogP contribution in [0, 0.1) is 6.92 Å². The summed E-state index contributed by atoms with van der Waals surface area (Å²) in [5, 5.41) is 2.93. The molecule has 0 aliphatic heterocycles. The Morgan fingerprint density at radius 2 is 2.22 bits per heavy atom. The number of nitrogens with one attached hydrogen (secondary N) is 1. The van der Waals surface area contributed by atoms with E-state index >= 15 is 0 Å². The number of hydrogen-bond donors (Lipinski definition) is 1. The Hall–Kier alpha value is -2.63. The van der Waals surface area contributed by atoms with E-state index in [0.717, 1.165) is 35.7 Å². The number of nitrogens with zero attached hydrogens (tertiary/aromatic N) is 3. The van der Waals surface area contributed by atoms with Crippen LogP contribution < -0.4 is 5.32 Å². The number of imidazole rings is 1. The fourth-order valence-corrected chi connectivity index (χ4v) is 2.44. The van der Waals surface area contributed by atoms with Crippen LogP contribution in [0.5, 0.6) is 0 Å². The average molecular weight is 312 g/mol. The lowest BCUT2D eigenvalue weighted by Crippen LogP contribution is -2.25. The molecule has 0 fully saturated rings. The number of aryl methyl sites for hydroxylation is 3. The molecule has 1 aromatic carbocycles. The molecule has 6 nitrogen and oxygen atoms in total. The van der Waals surface area contributed by atoms with Gasteiger partial charge in [0, 0.05) is 38.3 Å². The Kier molecular flexibility index (Phi) is 4.71. The third-order valence-electron chi connectivity index (χ3n) is 3.73. The third-order valence-corrected chi connectivity index (χ3v) is 3.73. The van der Waals surface area contributed by atoms with Gasteiger partial charge in [-0.2, -0.15) is 0 Å². The van der Waals surface area contributed by atoms with Crippen LogP contribution in [-0.4, -0.2) is 27.0 Å². The maximum absolute atomic E-state index is 11.8. The number of rotatable bonds is 7. The number of fused-ring (bicyclic) bond motifs is 1. The molecule has 0 aliphatic carbocycles. The molecule has 3 rings (SSSR count). The van der Waals surface area contributed by atoms with Crippen molar-refractivity contribution in [1.29, 1.82) is 0 Å². The number of carbonyl (C=O) groups is 1. The molecular formula is C17H20N4O2. The first-order chi connectivity index (χ1) is 11.2. The van der Waals surface area contributed by atoms with E-state index in [0.29, 0.717) is 19.5 Å². The van der Waals surface area contributed by atoms with Gasteiger partial charge >= 0.3 is 0 Å². The fourth-order valence-electron chi connectivity index (χ4n) is 2.44. The Bertz CT molecular complexity index is 758. The number of oxazole rings is 1. The van der Waals surface area contributed by atoms with Crippen LogP contribution in [-0.2, 0) is 17.8 Å². The fraction of sp³-hybridized carbons (Fsp3) is 0.353. The van der Waals surface area contributed by atoms with Gasteiger partial charge in [0.05, 0.1) is 0 Å². The molecule has 1 amide bonds. The molecule has 0 radical (unpaired) electrons. The summed E-state index contributed by atoms with van der Waals surface area (Å²) in [5.74, 6) is 1.69. The van der Waals surface area contributed by atoms with Crippen molar-refractivity contribution < 1.29 is 9.21 Å². The second-order valence-corrected chi connectivity index (χ2v) is 5.45. The van der Waals surface area contributed by atoms with E-state index in [1.807, 2.05) is 42.0 Å². The predicted molar refractivity (Wildman–Crippen MR) is 86.9 cm³/mol. The van der Waals surface area contributed by atoms with Crippen molar-refractivity contribution in [2.75, 3.05) is 6.54 Å². The number of benzene rings is 1. The number of para-hydroxylation sites is 2. The zero-order chi connectivity index (χ0) is 16.1. The van der Waals surface area contributed by atoms with Crippen LogP contribution in [0.2, 0.25) is 0 Å². The normalized spacial score (nSPS) is 11.0. The minimum absolute atomic E-state index is 0.0515. The topological polar surface area (TPSA) is 73.0 Å². The first-order valence-corrected chi connectivity index (χ1v) is 7.81. The van der Waals surface area contributed by atoms with E-state index in [2.05, 4.69) is 15.3 Å². The van der Waals surface area contributed by atoms with Gasteiger partial charge in [0.25, 0.3) is 0 Å². The molecule has 0 aliphatic rings. The highest BCUT2D eigenvalue weighted by atomic mass is 16.3. The summed E-state index contributed by atoms with van der Waals surface area (Å²) in [5.41, 5.74) is 1.68. The summed E-state index contributed by atoms with van der Waals surface area (Å²) in [4.78, 5) is 20.4. The van der Waals surface area contributed by atoms with Gasteiger partial charge in [-0.1, -0.05) is 12.1 Å². The molecule has 120 valence electrons. The maximum atomic E-state index is 11.8. The van der Waals surface area contributed by atoms with Crippen molar-refractivity contribution in [3.8, 4) is 0 Å². The van der Waals surface area contributed by atoms with Crippen molar-refractivity contribution >= 4 is 17.0 Å². The van der Waals surface area contributed by atoms with Crippen LogP contribution in [0.3, 0.4) is 0 Å². The van der Waals surface area contributed by atoms with Crippen LogP contribution in [0.15, 0.2) is 41.1 Å². The Labute approximate surface area is 134 Å². The first-order valence-electron chi connectivity index (χ1n) is 7.81. The van der Waals surface area contributed by atoms with Gasteiger partial charge in [-0.05, 0) is 25.5 Å². The quantitative estimate of drug-likeness (QED) is 0.680. The van der Waals surface area contributed by atoms with E-state index in [1.165, 1.54) is 0 Å². The molecule has 0 spiro atoms. The standard InChI is InChI=1S/C17H20N4O2/c1-13-18-10-12-21(13)11-8-16(22)19-9-4-7-17-20-14-5-2-3-6-15(14)23-17/h2-3,5-6,10,12H,4,7-9,11H2,1H3,(H,19,22). The average Bonchev–Trinajstić information content (AvgIpc) is 3.15. The lowest BCUT2D eigenvalue weighted by atomic mass is 10.3. The molecular weight excluding hydrogens is 292 g/mol. The van der Waals surface area contributed by atoms with Crippen LogP contribution in [0.1, 0.15) is 24.6 Å². The summed E-state index contributed by atoms with van der Waals surface area (Å²) >= 11 is 0. The highest BCUT2D eigenvalue weighted by molar-refractivity contribution is 5.75. The Morgan fingerprint density at radius 3 is 3.00 bits per heavy atom. The minimum atomic E-state index is 0.0515. The van der Waals surface area contributed by atoms with Gasteiger partial charge in [-0.15, -0.1) is 0 Å². The third kappa shape index (κ3) is 3.97. The van der Waals surface area contributed by atoms with Crippen molar-refractivity contribution in [2.45, 2.75) is 32.7 Å². The zero-order valence-electron chi connectivity index (χ0n) is 13.2. The lowest BCUT2D eigenvalue weighted by molar-refractivity contribution is -0.121. The first kappa shape index (κ1) is 15.3. The molecule has 0 atom stereocenters. The molecule has 2 heterocycles. The highest BCUT2D eigenvalue weighted by Crippen LogP contribution is 2.15. The van der Waals surface area contributed by atoms with Crippen molar-refractivity contribution in [2.24, 2.45) is 0 Å². The number of aromatic nitrogens is 3. The molecule has 0 unspecified atom stereocenters. The van der Waals surface area contributed by atoms with Gasteiger partial charge in [-0.3, -0.25) is 4.79 Å². The second kappa shape index (κ2) is 7.09. The molecule has 0 saturated carbocycles. The smallest absolute Gasteiger partial charge is 0.221 e. The van der Waals surface area contributed by atoms with Crippen LogP contribution in [0.25, 0.3) is 11.1 Å². The summed E-state index contributed by atoms with van der Waals surface area (Å²) in [6.45, 7) is 3.21. The summed E-state index contributed by atoms with van der Waals surface area (Å²) in [7, 11) is 0. The van der Waals surface area contributed by atoms with Gasteiger partial charge in [-0.25, -0.2) is 9.97 Å². The summed E-state index contributed by atoms with van der Waals surface area (Å²) < 4.78 is 7.62. The molecule has 3 aromatic rings. The summed E-state index contributed by atoms with van der Waals surface area (Å²) in [6.07, 6.45) is 5.61. The van der Waals surface area contributed by atoms with Crippen molar-refractivity contribution in [3.63, 3.8) is 0 Å². The number of amides is 1. The van der Waals surface area contributed by atoms with Crippen molar-refractivity contribution in [3.05, 3.63) is 48.4 Å². The second-order valence-electron chi connectivity index (χ2n) is 5.45. The SMILES string of the molecule is Cc1nccn1CCC(=O)NCCCc1nc2ccccc2o1. The van der Waals surface area contributed by atoms with E-state index < -0.39 is 0 Å². The molecule has 1 N–H and O–H groups in total. The molecule has 0 saturated heterocycles. The van der Waals surface area contributed by atoms with E-state index in [-0.39, 0.29) is 5.91 Å². The number of hydrogen-bond acceptors (Lipinski definition) is 4. The lowest BCUT2D eigenvalue weighted by Gasteiger charge is -2.06. The minimum Gasteiger partial charge on any atom is -0.441 e. The summed E-state index contributed by atoms with van der Waals surface area (Å²) in [6, 6.07) is 7.71. The zero-order valence-corrected chi connectivity index (χ0v) is 13.2. The monoisotopic (exact) mass is 312 g/mol. The van der Waals surface area contributed by atoms with Gasteiger partial charge < -0.3 is 14.3 Å². The van der Waals surface area contributed by atoms with Gasteiger partial charge in [0.15, 0.2) is 11.5 Å². The van der Waals surface area contributed by atoms with Gasteiger partial charge in [0.1, 0.15) is 11.3 Å². The van der Waals surface area contributed by atoms with E-state index in [9.17, 15) is 4.79 Å². The number of carbonyl (C=O) groups excluding carboxylic acids is 1. The van der Waals surface area contributed by atoms with Crippen molar-refractivity contribution in [1.82, 2.24) is 19.9 Å². The van der Waals surface area contributed by atoms with Crippen LogP contribution in [0.4, 0.5) is 0 Å². The van der Waals surface area contributed by atoms with Gasteiger partial charge in [0.2, 0.25) is 5.91 Å². The maximum Gasteiger partial charge on any atom is 0.221 e. The highest BCUT2D eigenvalue weighted by Gasteiger charge is 2.06. The Morgan fingerprint density at radius 1 is 1.35 bits per heavy atom. The van der Waals surface area contributed by atoms with E-state index in [1.54, 1.807) is 6.20 Å². The van der Waals surface area contributed by atoms with Crippen LogP contribution >= 0.6 is 0 Å². The van der Waals surface area contributed by atoms with E-state index in [4.69, 9.17) is 4.42 Å². The molecule has 2 aromatic heterocycles.